The highest BCUT2D eigenvalue weighted by Crippen LogP contribution is 2.34. The van der Waals surface area contributed by atoms with Gasteiger partial charge in [-0.3, -0.25) is 9.69 Å². The van der Waals surface area contributed by atoms with Gasteiger partial charge in [-0.15, -0.1) is 9.24 Å². The Morgan fingerprint density at radius 1 is 1.35 bits per heavy atom. The van der Waals surface area contributed by atoms with Crippen molar-refractivity contribution in [1.82, 2.24) is 19.8 Å². The van der Waals surface area contributed by atoms with Crippen LogP contribution in [0.3, 0.4) is 0 Å². The van der Waals surface area contributed by atoms with E-state index in [1.807, 2.05) is 19.2 Å². The van der Waals surface area contributed by atoms with E-state index in [1.165, 1.54) is 29.9 Å². The van der Waals surface area contributed by atoms with Gasteiger partial charge in [-0.1, -0.05) is 12.5 Å². The fourth-order valence-corrected chi connectivity index (χ4v) is 5.54. The Labute approximate surface area is 188 Å². The minimum atomic E-state index is 0.102. The summed E-state index contributed by atoms with van der Waals surface area (Å²) in [4.78, 5) is 19.6. The molecule has 1 N–H and O–H groups in total. The van der Waals surface area contributed by atoms with Crippen molar-refractivity contribution in [2.24, 2.45) is 5.92 Å². The summed E-state index contributed by atoms with van der Waals surface area (Å²) < 4.78 is 2.45. The third-order valence-electron chi connectivity index (χ3n) is 6.59. The predicted molar refractivity (Wildman–Crippen MR) is 132 cm³/mol. The van der Waals surface area contributed by atoms with Crippen LogP contribution in [0.25, 0.3) is 17.3 Å². The Balaban J connectivity index is 1.83. The molecule has 4 rings (SSSR count). The van der Waals surface area contributed by atoms with Crippen molar-refractivity contribution >= 4 is 26.4 Å². The van der Waals surface area contributed by atoms with Crippen LogP contribution in [0.4, 0.5) is 0 Å². The Morgan fingerprint density at radius 3 is 2.87 bits per heavy atom. The van der Waals surface area contributed by atoms with E-state index in [2.05, 4.69) is 43.9 Å². The van der Waals surface area contributed by atoms with E-state index in [-0.39, 0.29) is 5.78 Å². The largest absolute Gasteiger partial charge is 0.328 e. The first-order chi connectivity index (χ1) is 14.9. The standard InChI is InChI=1S/C25H35N4OP/c1-16-7-9-29-21(12-19-6-5-8-28(14-19)15-26-4)25(27-23(29)10-16)24-17(2)11-20(18(3)30)13-22(24)31/h11-13,16,26H,5-10,14-15,31H2,1-4H3/b19-12+. The van der Waals surface area contributed by atoms with Crippen molar-refractivity contribution in [3.8, 4) is 11.3 Å². The second-order valence-corrected chi connectivity index (χ2v) is 9.92. The minimum absolute atomic E-state index is 0.102. The Bertz CT molecular complexity index is 998. The zero-order chi connectivity index (χ0) is 22.1. The van der Waals surface area contributed by atoms with Gasteiger partial charge in [0.05, 0.1) is 11.4 Å². The lowest BCUT2D eigenvalue weighted by atomic mass is 9.97. The number of nitrogens with one attached hydrogen (secondary N) is 1. The monoisotopic (exact) mass is 438 g/mol. The van der Waals surface area contributed by atoms with Crippen LogP contribution in [0.15, 0.2) is 17.7 Å². The first-order valence-electron chi connectivity index (χ1n) is 11.4. The van der Waals surface area contributed by atoms with Gasteiger partial charge < -0.3 is 9.88 Å². The number of aromatic nitrogens is 2. The summed E-state index contributed by atoms with van der Waals surface area (Å²) in [6.07, 6.45) is 6.97. The van der Waals surface area contributed by atoms with Crippen LogP contribution in [-0.4, -0.2) is 47.0 Å². The van der Waals surface area contributed by atoms with Crippen LogP contribution < -0.4 is 10.6 Å². The van der Waals surface area contributed by atoms with Gasteiger partial charge in [-0.05, 0) is 75.2 Å². The minimum Gasteiger partial charge on any atom is -0.328 e. The zero-order valence-electron chi connectivity index (χ0n) is 19.3. The van der Waals surface area contributed by atoms with E-state index in [0.717, 1.165) is 66.8 Å². The Morgan fingerprint density at radius 2 is 2.16 bits per heavy atom. The van der Waals surface area contributed by atoms with E-state index >= 15 is 0 Å². The molecule has 1 aromatic carbocycles. The van der Waals surface area contributed by atoms with Crippen molar-refractivity contribution in [3.05, 3.63) is 40.4 Å². The zero-order valence-corrected chi connectivity index (χ0v) is 20.4. The number of benzene rings is 1. The molecule has 2 aliphatic heterocycles. The van der Waals surface area contributed by atoms with Crippen LogP contribution in [0, 0.1) is 12.8 Å². The van der Waals surface area contributed by atoms with Crippen molar-refractivity contribution < 1.29 is 4.79 Å². The molecule has 0 saturated carbocycles. The first-order valence-corrected chi connectivity index (χ1v) is 12.0. The molecule has 5 nitrogen and oxygen atoms in total. The van der Waals surface area contributed by atoms with Gasteiger partial charge in [0.1, 0.15) is 5.82 Å². The van der Waals surface area contributed by atoms with E-state index in [1.54, 1.807) is 6.92 Å². The molecule has 1 aromatic heterocycles. The summed E-state index contributed by atoms with van der Waals surface area (Å²) in [6.45, 7) is 10.2. The molecule has 2 unspecified atom stereocenters. The number of likely N-dealkylation sites (tertiary alicyclic amines) is 1. The summed E-state index contributed by atoms with van der Waals surface area (Å²) >= 11 is 0. The average Bonchev–Trinajstić information content (AvgIpc) is 3.05. The molecule has 0 bridgehead atoms. The maximum absolute atomic E-state index is 12.0. The van der Waals surface area contributed by atoms with E-state index < -0.39 is 0 Å². The number of hydrogen-bond acceptors (Lipinski definition) is 4. The number of aryl methyl sites for hydroxylation is 1. The van der Waals surface area contributed by atoms with Crippen molar-refractivity contribution in [2.75, 3.05) is 26.8 Å². The van der Waals surface area contributed by atoms with E-state index in [4.69, 9.17) is 4.98 Å². The van der Waals surface area contributed by atoms with Gasteiger partial charge in [0.25, 0.3) is 0 Å². The van der Waals surface area contributed by atoms with Gasteiger partial charge in [-0.2, -0.15) is 0 Å². The molecule has 0 spiro atoms. The number of carbonyl (C=O) groups is 1. The number of imidazole rings is 1. The number of Topliss-reactive ketones (excluding diaryl/α,β-unsaturated/α-hetero) is 1. The van der Waals surface area contributed by atoms with Gasteiger partial charge in [0, 0.05) is 43.9 Å². The molecular formula is C25H35N4OP. The lowest BCUT2D eigenvalue weighted by Crippen LogP contribution is -2.37. The summed E-state index contributed by atoms with van der Waals surface area (Å²) in [5.41, 5.74) is 6.82. The fraction of sp³-hybridized carbons (Fsp3) is 0.520. The summed E-state index contributed by atoms with van der Waals surface area (Å²) in [5.74, 6) is 1.97. The third-order valence-corrected chi connectivity index (χ3v) is 7.05. The normalized spacial score (nSPS) is 20.8. The van der Waals surface area contributed by atoms with Crippen molar-refractivity contribution in [3.63, 3.8) is 0 Å². The number of piperidine rings is 1. The van der Waals surface area contributed by atoms with E-state index in [0.29, 0.717) is 5.92 Å². The topological polar surface area (TPSA) is 50.2 Å². The molecular weight excluding hydrogens is 403 g/mol. The van der Waals surface area contributed by atoms with Gasteiger partial charge in [0.15, 0.2) is 5.78 Å². The van der Waals surface area contributed by atoms with Crippen LogP contribution in [0.5, 0.6) is 0 Å². The molecule has 2 atom stereocenters. The molecule has 3 heterocycles. The average molecular weight is 439 g/mol. The first kappa shape index (κ1) is 22.4. The van der Waals surface area contributed by atoms with Gasteiger partial charge in [-0.25, -0.2) is 4.98 Å². The molecule has 0 radical (unpaired) electrons. The Hall–Kier alpha value is -1.81. The highest BCUT2D eigenvalue weighted by Gasteiger charge is 2.25. The summed E-state index contributed by atoms with van der Waals surface area (Å²) in [5, 5.41) is 4.34. The molecule has 1 saturated heterocycles. The Kier molecular flexibility index (Phi) is 6.76. The molecule has 6 heteroatoms. The van der Waals surface area contributed by atoms with Crippen LogP contribution in [0.2, 0.25) is 0 Å². The molecule has 166 valence electrons. The predicted octanol–water partition coefficient (Wildman–Crippen LogP) is 3.80. The number of nitrogens with zero attached hydrogens (tertiary/aromatic N) is 3. The number of carbonyl (C=O) groups excluding carboxylic acids is 1. The summed E-state index contributed by atoms with van der Waals surface area (Å²) in [6, 6.07) is 4.00. The maximum atomic E-state index is 12.0. The SMILES string of the molecule is CNCN1CCC/C(=C\c2c(-c3c(C)cc(C(C)=O)cc3P)nc3n2CCC(C)C3)C1. The molecule has 1 fully saturated rings. The number of rotatable bonds is 5. The highest BCUT2D eigenvalue weighted by atomic mass is 31.0. The highest BCUT2D eigenvalue weighted by molar-refractivity contribution is 7.28. The fourth-order valence-electron chi connectivity index (χ4n) is 5.00. The second-order valence-electron chi connectivity index (χ2n) is 9.30. The number of hydrogen-bond donors (Lipinski definition) is 1. The lowest BCUT2D eigenvalue weighted by molar-refractivity contribution is 0.101. The molecule has 0 amide bonds. The molecule has 31 heavy (non-hydrogen) atoms. The smallest absolute Gasteiger partial charge is 0.159 e. The molecule has 0 aliphatic carbocycles. The van der Waals surface area contributed by atoms with Gasteiger partial charge >= 0.3 is 0 Å². The third kappa shape index (κ3) is 4.69. The second kappa shape index (κ2) is 9.36. The number of fused-ring (bicyclic) bond motifs is 1. The van der Waals surface area contributed by atoms with Gasteiger partial charge in [0.2, 0.25) is 0 Å². The summed E-state index contributed by atoms with van der Waals surface area (Å²) in [7, 11) is 4.86. The quantitative estimate of drug-likeness (QED) is 0.570. The van der Waals surface area contributed by atoms with Crippen LogP contribution in [-0.2, 0) is 13.0 Å². The van der Waals surface area contributed by atoms with Crippen molar-refractivity contribution in [2.45, 2.75) is 53.0 Å². The van der Waals surface area contributed by atoms with Crippen molar-refractivity contribution in [1.29, 1.82) is 0 Å². The lowest BCUT2D eigenvalue weighted by Gasteiger charge is -2.28. The van der Waals surface area contributed by atoms with Crippen LogP contribution in [0.1, 0.15) is 60.5 Å². The van der Waals surface area contributed by atoms with E-state index in [9.17, 15) is 4.79 Å². The van der Waals surface area contributed by atoms with Crippen LogP contribution >= 0.6 is 9.24 Å². The molecule has 2 aromatic rings. The molecule has 2 aliphatic rings. The maximum Gasteiger partial charge on any atom is 0.159 e. The number of ketones is 1.